The summed E-state index contributed by atoms with van der Waals surface area (Å²) in [6, 6.07) is 9.21. The topological polar surface area (TPSA) is 79.8 Å². The second-order valence-corrected chi connectivity index (χ2v) is 9.74. The van der Waals surface area contributed by atoms with Crippen molar-refractivity contribution in [2.45, 2.75) is 36.4 Å². The highest BCUT2D eigenvalue weighted by molar-refractivity contribution is 7.89. The molecule has 4 rings (SSSR count). The Morgan fingerprint density at radius 1 is 1.00 bits per heavy atom. The van der Waals surface area contributed by atoms with E-state index in [4.69, 9.17) is 4.74 Å². The third-order valence-corrected chi connectivity index (χ3v) is 7.40. The zero-order chi connectivity index (χ0) is 22.9. The van der Waals surface area contributed by atoms with Gasteiger partial charge in [-0.1, -0.05) is 12.5 Å². The summed E-state index contributed by atoms with van der Waals surface area (Å²) in [6.07, 6.45) is -2.33. The average Bonchev–Trinajstić information content (AvgIpc) is 2.76. The first-order valence-electron chi connectivity index (χ1n) is 10.2. The van der Waals surface area contributed by atoms with Gasteiger partial charge in [-0.25, -0.2) is 13.4 Å². The van der Waals surface area contributed by atoms with Gasteiger partial charge >= 0.3 is 6.18 Å². The first-order chi connectivity index (χ1) is 15.1. The molecule has 2 fully saturated rings. The number of hydrogen-bond acceptors (Lipinski definition) is 5. The van der Waals surface area contributed by atoms with Gasteiger partial charge in [-0.15, -0.1) is 0 Å². The summed E-state index contributed by atoms with van der Waals surface area (Å²) in [5.74, 6) is -0.451. The summed E-state index contributed by atoms with van der Waals surface area (Å²) < 4.78 is 70.6. The van der Waals surface area contributed by atoms with Gasteiger partial charge in [0, 0.05) is 24.7 Å². The van der Waals surface area contributed by atoms with Gasteiger partial charge in [0.05, 0.1) is 18.0 Å². The third kappa shape index (κ3) is 4.73. The van der Waals surface area contributed by atoms with E-state index < -0.39 is 28.0 Å². The van der Waals surface area contributed by atoms with Crippen LogP contribution in [0.4, 0.5) is 13.2 Å². The molecule has 0 atom stereocenters. The Labute approximate surface area is 183 Å². The van der Waals surface area contributed by atoms with Crippen LogP contribution in [0.25, 0.3) is 0 Å². The smallest absolute Gasteiger partial charge is 0.433 e. The van der Waals surface area contributed by atoms with Crippen molar-refractivity contribution in [2.75, 3.05) is 26.2 Å². The van der Waals surface area contributed by atoms with Crippen LogP contribution in [-0.4, -0.2) is 60.8 Å². The van der Waals surface area contributed by atoms with Crippen LogP contribution in [0.1, 0.15) is 35.3 Å². The van der Waals surface area contributed by atoms with Crippen molar-refractivity contribution in [3.8, 4) is 5.88 Å². The summed E-state index contributed by atoms with van der Waals surface area (Å²) in [5.41, 5.74) is -0.708. The van der Waals surface area contributed by atoms with Crippen LogP contribution in [0.15, 0.2) is 47.4 Å². The molecule has 1 aromatic heterocycles. The molecule has 0 bridgehead atoms. The molecule has 0 spiro atoms. The van der Waals surface area contributed by atoms with Gasteiger partial charge in [-0.05, 0) is 43.2 Å². The summed E-state index contributed by atoms with van der Waals surface area (Å²) in [7, 11) is -3.57. The maximum atomic E-state index is 12.8. The van der Waals surface area contributed by atoms with Crippen LogP contribution in [-0.2, 0) is 16.2 Å². The molecule has 2 aromatic rings. The predicted molar refractivity (Wildman–Crippen MR) is 109 cm³/mol. The largest absolute Gasteiger partial charge is 0.471 e. The number of ether oxygens (including phenoxy) is 1. The number of alkyl halides is 3. The minimum Gasteiger partial charge on any atom is -0.471 e. The zero-order valence-electron chi connectivity index (χ0n) is 17.1. The highest BCUT2D eigenvalue weighted by Crippen LogP contribution is 2.29. The Morgan fingerprint density at radius 3 is 2.28 bits per heavy atom. The van der Waals surface area contributed by atoms with Crippen molar-refractivity contribution in [3.05, 3.63) is 53.7 Å². The standard InChI is InChI=1S/C21H22F3N3O4S/c22-21(23,24)18-5-4-6-19(25-18)31-16-13-26(14-16)20(28)15-7-9-17(10-8-15)32(29,30)27-11-2-1-3-12-27/h4-10,16H,1-3,11-14H2. The maximum Gasteiger partial charge on any atom is 0.433 e. The Kier molecular flexibility index (Phi) is 6.13. The van der Waals surface area contributed by atoms with Gasteiger partial charge in [0.25, 0.3) is 5.91 Å². The van der Waals surface area contributed by atoms with Crippen LogP contribution in [0.2, 0.25) is 0 Å². The number of benzene rings is 1. The number of aromatic nitrogens is 1. The molecule has 3 heterocycles. The van der Waals surface area contributed by atoms with Gasteiger partial charge in [-0.2, -0.15) is 17.5 Å². The monoisotopic (exact) mass is 469 g/mol. The molecular weight excluding hydrogens is 447 g/mol. The molecule has 0 N–H and O–H groups in total. The maximum absolute atomic E-state index is 12.8. The van der Waals surface area contributed by atoms with Crippen molar-refractivity contribution in [1.29, 1.82) is 0 Å². The molecule has 32 heavy (non-hydrogen) atoms. The average molecular weight is 469 g/mol. The number of carbonyl (C=O) groups is 1. The van der Waals surface area contributed by atoms with Crippen LogP contribution in [0.3, 0.4) is 0 Å². The number of pyridine rings is 1. The summed E-state index contributed by atoms with van der Waals surface area (Å²) in [5, 5.41) is 0. The normalized spacial score (nSPS) is 18.3. The van der Waals surface area contributed by atoms with E-state index in [1.54, 1.807) is 0 Å². The minimum atomic E-state index is -4.56. The number of halogens is 3. The highest BCUT2D eigenvalue weighted by atomic mass is 32.2. The van der Waals surface area contributed by atoms with E-state index in [2.05, 4.69) is 4.98 Å². The zero-order valence-corrected chi connectivity index (χ0v) is 17.9. The fourth-order valence-electron chi connectivity index (χ4n) is 3.69. The summed E-state index contributed by atoms with van der Waals surface area (Å²) in [4.78, 5) is 17.7. The molecule has 0 unspecified atom stereocenters. The second kappa shape index (κ2) is 8.70. The first-order valence-corrected chi connectivity index (χ1v) is 11.7. The van der Waals surface area contributed by atoms with Gasteiger partial charge in [0.15, 0.2) is 0 Å². The number of carbonyl (C=O) groups excluding carboxylic acids is 1. The van der Waals surface area contributed by atoms with E-state index >= 15 is 0 Å². The van der Waals surface area contributed by atoms with E-state index in [1.807, 2.05) is 0 Å². The number of rotatable bonds is 5. The first kappa shape index (κ1) is 22.5. The van der Waals surface area contributed by atoms with Crippen LogP contribution in [0, 0.1) is 0 Å². The van der Waals surface area contributed by atoms with E-state index in [1.165, 1.54) is 45.6 Å². The van der Waals surface area contributed by atoms with Crippen molar-refractivity contribution in [1.82, 2.24) is 14.2 Å². The van der Waals surface area contributed by atoms with Gasteiger partial charge < -0.3 is 9.64 Å². The van der Waals surface area contributed by atoms with Crippen LogP contribution >= 0.6 is 0 Å². The van der Waals surface area contributed by atoms with E-state index in [-0.39, 0.29) is 29.8 Å². The third-order valence-electron chi connectivity index (χ3n) is 5.49. The van der Waals surface area contributed by atoms with Crippen molar-refractivity contribution < 1.29 is 31.1 Å². The molecule has 7 nitrogen and oxygen atoms in total. The van der Waals surface area contributed by atoms with Gasteiger partial charge in [-0.3, -0.25) is 4.79 Å². The minimum absolute atomic E-state index is 0.149. The fourth-order valence-corrected chi connectivity index (χ4v) is 5.21. The molecule has 0 radical (unpaired) electrons. The van der Waals surface area contributed by atoms with Gasteiger partial charge in [0.2, 0.25) is 15.9 Å². The molecule has 11 heteroatoms. The lowest BCUT2D eigenvalue weighted by Crippen LogP contribution is -2.56. The summed E-state index contributed by atoms with van der Waals surface area (Å²) >= 11 is 0. The lowest BCUT2D eigenvalue weighted by atomic mass is 10.1. The number of piperidine rings is 1. The molecule has 1 aromatic carbocycles. The lowest BCUT2D eigenvalue weighted by molar-refractivity contribution is -0.141. The molecule has 1 amide bonds. The Bertz CT molecular complexity index is 1080. The number of likely N-dealkylation sites (tertiary alicyclic amines) is 1. The quantitative estimate of drug-likeness (QED) is 0.672. The van der Waals surface area contributed by atoms with Crippen molar-refractivity contribution in [2.24, 2.45) is 0 Å². The number of sulfonamides is 1. The van der Waals surface area contributed by atoms with Crippen LogP contribution < -0.4 is 4.74 Å². The van der Waals surface area contributed by atoms with Crippen molar-refractivity contribution >= 4 is 15.9 Å². The van der Waals surface area contributed by atoms with E-state index in [9.17, 15) is 26.4 Å². The number of amides is 1. The Hall–Kier alpha value is -2.66. The summed E-state index contributed by atoms with van der Waals surface area (Å²) in [6.45, 7) is 1.40. The molecule has 2 saturated heterocycles. The Balaban J connectivity index is 1.34. The molecule has 0 saturated carbocycles. The highest BCUT2D eigenvalue weighted by Gasteiger charge is 2.35. The molecule has 0 aliphatic carbocycles. The number of hydrogen-bond donors (Lipinski definition) is 0. The van der Waals surface area contributed by atoms with Gasteiger partial charge in [0.1, 0.15) is 11.8 Å². The van der Waals surface area contributed by atoms with E-state index in [0.717, 1.165) is 25.3 Å². The van der Waals surface area contributed by atoms with Crippen LogP contribution in [0.5, 0.6) is 5.88 Å². The molecule has 172 valence electrons. The number of nitrogens with zero attached hydrogens (tertiary/aromatic N) is 3. The lowest BCUT2D eigenvalue weighted by Gasteiger charge is -2.38. The fraction of sp³-hybridized carbons (Fsp3) is 0.429. The second-order valence-electron chi connectivity index (χ2n) is 7.80. The molecule has 2 aliphatic rings. The Morgan fingerprint density at radius 2 is 1.66 bits per heavy atom. The van der Waals surface area contributed by atoms with Crippen molar-refractivity contribution in [3.63, 3.8) is 0 Å². The predicted octanol–water partition coefficient (Wildman–Crippen LogP) is 3.18. The molecular formula is C21H22F3N3O4S. The van der Waals surface area contributed by atoms with E-state index in [0.29, 0.717) is 18.7 Å². The molecule has 2 aliphatic heterocycles. The SMILES string of the molecule is O=C(c1ccc(S(=O)(=O)N2CCCCC2)cc1)N1CC(Oc2cccc(C(F)(F)F)n2)C1.